The summed E-state index contributed by atoms with van der Waals surface area (Å²) < 4.78 is 20.4. The molecular weight excluding hydrogens is 509 g/mol. The lowest BCUT2D eigenvalue weighted by Gasteiger charge is -2.21. The Balaban J connectivity index is 1.34. The summed E-state index contributed by atoms with van der Waals surface area (Å²) in [6.07, 6.45) is 3.91. The minimum absolute atomic E-state index is 0.00787. The van der Waals surface area contributed by atoms with Gasteiger partial charge in [0, 0.05) is 18.2 Å². The molecule has 8 heteroatoms. The van der Waals surface area contributed by atoms with Crippen LogP contribution in [-0.2, 0) is 16.1 Å². The SMILES string of the molecule is Nc1c(C(=O)c2ccc(F)cc2)ccc(=O)n1-c1ccc(CN[C@H](C(=O)OC2CCCC2)c2ccccc2)cc1. The van der Waals surface area contributed by atoms with Crippen LogP contribution in [0.2, 0.25) is 0 Å². The lowest BCUT2D eigenvalue weighted by Crippen LogP contribution is -2.32. The first-order valence-electron chi connectivity index (χ1n) is 13.3. The largest absolute Gasteiger partial charge is 0.461 e. The molecule has 0 unspecified atom stereocenters. The number of benzene rings is 3. The van der Waals surface area contributed by atoms with Crippen LogP contribution in [-0.4, -0.2) is 22.4 Å². The minimum Gasteiger partial charge on any atom is -0.461 e. The summed E-state index contributed by atoms with van der Waals surface area (Å²) in [6.45, 7) is 0.382. The van der Waals surface area contributed by atoms with Crippen LogP contribution in [0.5, 0.6) is 0 Å². The van der Waals surface area contributed by atoms with Crippen molar-refractivity contribution in [3.05, 3.63) is 129 Å². The lowest BCUT2D eigenvalue weighted by molar-refractivity contribution is -0.151. The summed E-state index contributed by atoms with van der Waals surface area (Å²) in [5.41, 5.74) is 8.49. The van der Waals surface area contributed by atoms with E-state index >= 15 is 0 Å². The predicted octanol–water partition coefficient (Wildman–Crippen LogP) is 5.11. The summed E-state index contributed by atoms with van der Waals surface area (Å²) in [4.78, 5) is 38.8. The zero-order valence-corrected chi connectivity index (χ0v) is 21.9. The molecule has 3 aromatic carbocycles. The second kappa shape index (κ2) is 12.1. The molecule has 204 valence electrons. The molecule has 1 atom stereocenters. The molecule has 0 spiro atoms. The Kier molecular flexibility index (Phi) is 8.17. The second-order valence-corrected chi connectivity index (χ2v) is 9.88. The van der Waals surface area contributed by atoms with E-state index in [1.165, 1.54) is 41.0 Å². The monoisotopic (exact) mass is 539 g/mol. The normalized spacial score (nSPS) is 14.1. The first-order valence-corrected chi connectivity index (χ1v) is 13.3. The molecule has 1 saturated carbocycles. The Morgan fingerprint density at radius 3 is 2.27 bits per heavy atom. The molecule has 1 aromatic heterocycles. The molecule has 40 heavy (non-hydrogen) atoms. The number of rotatable bonds is 9. The van der Waals surface area contributed by atoms with Crippen molar-refractivity contribution < 1.29 is 18.7 Å². The first-order chi connectivity index (χ1) is 19.4. The molecule has 0 saturated heterocycles. The van der Waals surface area contributed by atoms with Crippen molar-refractivity contribution in [2.24, 2.45) is 0 Å². The van der Waals surface area contributed by atoms with Crippen molar-refractivity contribution in [3.8, 4) is 5.69 Å². The number of carbonyl (C=O) groups is 2. The number of anilines is 1. The third-order valence-corrected chi connectivity index (χ3v) is 7.14. The minimum atomic E-state index is -0.617. The van der Waals surface area contributed by atoms with Crippen LogP contribution >= 0.6 is 0 Å². The van der Waals surface area contributed by atoms with E-state index in [4.69, 9.17) is 10.5 Å². The van der Waals surface area contributed by atoms with Crippen LogP contribution in [0.1, 0.15) is 58.8 Å². The van der Waals surface area contributed by atoms with Gasteiger partial charge in [-0.3, -0.25) is 19.5 Å². The number of aromatic nitrogens is 1. The van der Waals surface area contributed by atoms with Gasteiger partial charge in [0.2, 0.25) is 0 Å². The van der Waals surface area contributed by atoms with Crippen molar-refractivity contribution in [2.45, 2.75) is 44.4 Å². The highest BCUT2D eigenvalue weighted by atomic mass is 19.1. The quantitative estimate of drug-likeness (QED) is 0.226. The molecule has 0 bridgehead atoms. The number of hydrogen-bond donors (Lipinski definition) is 2. The predicted molar refractivity (Wildman–Crippen MR) is 151 cm³/mol. The third-order valence-electron chi connectivity index (χ3n) is 7.14. The Hall–Kier alpha value is -4.56. The number of nitrogen functional groups attached to an aromatic ring is 1. The highest BCUT2D eigenvalue weighted by Crippen LogP contribution is 2.25. The number of carbonyl (C=O) groups excluding carboxylic acids is 2. The van der Waals surface area contributed by atoms with Gasteiger partial charge in [-0.05, 0) is 79.3 Å². The summed E-state index contributed by atoms with van der Waals surface area (Å²) >= 11 is 0. The van der Waals surface area contributed by atoms with E-state index in [0.717, 1.165) is 36.8 Å². The molecule has 1 fully saturated rings. The number of halogens is 1. The molecule has 5 rings (SSSR count). The van der Waals surface area contributed by atoms with Crippen molar-refractivity contribution in [2.75, 3.05) is 5.73 Å². The molecule has 1 aliphatic carbocycles. The van der Waals surface area contributed by atoms with Crippen LogP contribution in [0.25, 0.3) is 5.69 Å². The van der Waals surface area contributed by atoms with Gasteiger partial charge in [0.25, 0.3) is 5.56 Å². The van der Waals surface area contributed by atoms with Gasteiger partial charge >= 0.3 is 5.97 Å². The average Bonchev–Trinajstić information content (AvgIpc) is 3.48. The van der Waals surface area contributed by atoms with E-state index in [0.29, 0.717) is 12.2 Å². The molecule has 3 N–H and O–H groups in total. The van der Waals surface area contributed by atoms with E-state index < -0.39 is 23.2 Å². The fraction of sp³-hybridized carbons (Fsp3) is 0.219. The smallest absolute Gasteiger partial charge is 0.328 e. The summed E-state index contributed by atoms with van der Waals surface area (Å²) in [5.74, 6) is -1.17. The van der Waals surface area contributed by atoms with Crippen LogP contribution in [0, 0.1) is 5.82 Å². The number of ketones is 1. The maximum absolute atomic E-state index is 13.3. The van der Waals surface area contributed by atoms with E-state index in [-0.39, 0.29) is 29.0 Å². The maximum atomic E-state index is 13.3. The van der Waals surface area contributed by atoms with Crippen LogP contribution in [0.15, 0.2) is 95.8 Å². The fourth-order valence-corrected chi connectivity index (χ4v) is 4.97. The fourth-order valence-electron chi connectivity index (χ4n) is 4.97. The van der Waals surface area contributed by atoms with Gasteiger partial charge in [0.15, 0.2) is 5.78 Å². The number of nitrogens with zero attached hydrogens (tertiary/aromatic N) is 1. The number of nitrogens with one attached hydrogen (secondary N) is 1. The Morgan fingerprint density at radius 2 is 1.60 bits per heavy atom. The molecule has 1 heterocycles. The zero-order valence-electron chi connectivity index (χ0n) is 21.9. The van der Waals surface area contributed by atoms with Gasteiger partial charge in [-0.15, -0.1) is 0 Å². The van der Waals surface area contributed by atoms with Gasteiger partial charge in [-0.2, -0.15) is 0 Å². The van der Waals surface area contributed by atoms with Crippen LogP contribution in [0.4, 0.5) is 10.2 Å². The molecule has 0 radical (unpaired) electrons. The Labute approximate surface area is 231 Å². The number of ether oxygens (including phenoxy) is 1. The highest BCUT2D eigenvalue weighted by molar-refractivity contribution is 6.11. The number of esters is 1. The molecule has 1 aliphatic rings. The molecule has 4 aromatic rings. The third kappa shape index (κ3) is 6.02. The molecule has 7 nitrogen and oxygen atoms in total. The zero-order chi connectivity index (χ0) is 28.1. The topological polar surface area (TPSA) is 103 Å². The lowest BCUT2D eigenvalue weighted by atomic mass is 10.0. The number of hydrogen-bond acceptors (Lipinski definition) is 6. The van der Waals surface area contributed by atoms with E-state index in [9.17, 15) is 18.8 Å². The molecular formula is C32H30FN3O4. The molecule has 0 aliphatic heterocycles. The molecule has 0 amide bonds. The second-order valence-electron chi connectivity index (χ2n) is 9.88. The van der Waals surface area contributed by atoms with Crippen molar-refractivity contribution in [1.82, 2.24) is 9.88 Å². The maximum Gasteiger partial charge on any atom is 0.328 e. The summed E-state index contributed by atoms with van der Waals surface area (Å²) in [7, 11) is 0. The van der Waals surface area contributed by atoms with Gasteiger partial charge in [0.1, 0.15) is 23.8 Å². The van der Waals surface area contributed by atoms with Crippen molar-refractivity contribution >= 4 is 17.6 Å². The van der Waals surface area contributed by atoms with Gasteiger partial charge in [-0.25, -0.2) is 9.18 Å². The van der Waals surface area contributed by atoms with Crippen molar-refractivity contribution in [1.29, 1.82) is 0 Å². The number of nitrogens with two attached hydrogens (primary N) is 1. The summed E-state index contributed by atoms with van der Waals surface area (Å²) in [5, 5.41) is 3.32. The van der Waals surface area contributed by atoms with Gasteiger partial charge < -0.3 is 10.5 Å². The average molecular weight is 540 g/mol. The van der Waals surface area contributed by atoms with Gasteiger partial charge in [-0.1, -0.05) is 42.5 Å². The van der Waals surface area contributed by atoms with Crippen molar-refractivity contribution in [3.63, 3.8) is 0 Å². The number of pyridine rings is 1. The van der Waals surface area contributed by atoms with Crippen LogP contribution < -0.4 is 16.6 Å². The van der Waals surface area contributed by atoms with E-state index in [1.54, 1.807) is 12.1 Å². The van der Waals surface area contributed by atoms with E-state index in [1.807, 2.05) is 42.5 Å². The Morgan fingerprint density at radius 1 is 0.925 bits per heavy atom. The summed E-state index contributed by atoms with van der Waals surface area (Å²) in [6, 6.07) is 23.8. The van der Waals surface area contributed by atoms with E-state index in [2.05, 4.69) is 5.32 Å². The van der Waals surface area contributed by atoms with Gasteiger partial charge in [0.05, 0.1) is 11.3 Å². The highest BCUT2D eigenvalue weighted by Gasteiger charge is 2.26. The van der Waals surface area contributed by atoms with Crippen LogP contribution in [0.3, 0.4) is 0 Å². The Bertz CT molecular complexity index is 1540. The standard InChI is InChI=1S/C32H30FN3O4/c33-24-14-12-23(13-15-24)30(38)27-18-19-28(37)36(31(27)34)25-16-10-21(11-17-25)20-35-29(22-6-2-1-3-7-22)32(39)40-26-8-4-5-9-26/h1-3,6-7,10-19,26,29,35H,4-5,8-9,20,34H2/t29-/m0/s1. The first kappa shape index (κ1) is 27.0.